The molecular weight excluding hydrogens is 238 g/mol. The zero-order chi connectivity index (χ0) is 13.0. The minimum atomic E-state index is 0.487. The standard InChI is InChI=1S/C16H31NS/c1-4-17-15-14(11-8-12-16(15,2)3)18-13-9-6-5-7-10-13/h13-15,17H,4-12H2,1-3H3. The van der Waals surface area contributed by atoms with Gasteiger partial charge in [0.2, 0.25) is 0 Å². The lowest BCUT2D eigenvalue weighted by Gasteiger charge is -2.45. The highest BCUT2D eigenvalue weighted by Crippen LogP contribution is 2.43. The van der Waals surface area contributed by atoms with Gasteiger partial charge in [0, 0.05) is 16.5 Å². The maximum Gasteiger partial charge on any atom is 0.0237 e. The van der Waals surface area contributed by atoms with Crippen molar-refractivity contribution in [2.45, 2.75) is 88.7 Å². The van der Waals surface area contributed by atoms with Gasteiger partial charge in [-0.1, -0.05) is 46.5 Å². The fraction of sp³-hybridized carbons (Fsp3) is 1.00. The van der Waals surface area contributed by atoms with E-state index in [4.69, 9.17) is 0 Å². The molecule has 18 heavy (non-hydrogen) atoms. The number of thioether (sulfide) groups is 1. The number of rotatable bonds is 4. The summed E-state index contributed by atoms with van der Waals surface area (Å²) >= 11 is 2.33. The predicted molar refractivity (Wildman–Crippen MR) is 83.3 cm³/mol. The van der Waals surface area contributed by atoms with Gasteiger partial charge in [0.25, 0.3) is 0 Å². The number of nitrogens with one attached hydrogen (secondary N) is 1. The van der Waals surface area contributed by atoms with Crippen LogP contribution in [0.1, 0.15) is 72.1 Å². The van der Waals surface area contributed by atoms with Crippen LogP contribution in [-0.4, -0.2) is 23.1 Å². The van der Waals surface area contributed by atoms with E-state index in [-0.39, 0.29) is 0 Å². The minimum absolute atomic E-state index is 0.487. The first kappa shape index (κ1) is 14.7. The van der Waals surface area contributed by atoms with Crippen LogP contribution in [0.4, 0.5) is 0 Å². The van der Waals surface area contributed by atoms with E-state index in [0.29, 0.717) is 5.41 Å². The molecule has 0 aromatic rings. The van der Waals surface area contributed by atoms with E-state index in [1.54, 1.807) is 0 Å². The summed E-state index contributed by atoms with van der Waals surface area (Å²) in [7, 11) is 0. The number of hydrogen-bond donors (Lipinski definition) is 1. The second-order valence-corrected chi connectivity index (χ2v) is 8.40. The molecule has 2 rings (SSSR count). The molecule has 2 aliphatic carbocycles. The Morgan fingerprint density at radius 1 is 1.06 bits per heavy atom. The van der Waals surface area contributed by atoms with Gasteiger partial charge < -0.3 is 5.32 Å². The van der Waals surface area contributed by atoms with Gasteiger partial charge in [-0.15, -0.1) is 0 Å². The average molecular weight is 269 g/mol. The van der Waals surface area contributed by atoms with Crippen molar-refractivity contribution in [3.05, 3.63) is 0 Å². The Kier molecular flexibility index (Phi) is 5.44. The molecule has 0 aliphatic heterocycles. The molecule has 2 aliphatic rings. The van der Waals surface area contributed by atoms with Crippen LogP contribution in [0.25, 0.3) is 0 Å². The minimum Gasteiger partial charge on any atom is -0.313 e. The third-order valence-corrected chi connectivity index (χ3v) is 6.58. The van der Waals surface area contributed by atoms with E-state index in [0.717, 1.165) is 23.1 Å². The summed E-state index contributed by atoms with van der Waals surface area (Å²) in [5, 5.41) is 5.61. The molecule has 2 fully saturated rings. The summed E-state index contributed by atoms with van der Waals surface area (Å²) in [5.41, 5.74) is 0.487. The summed E-state index contributed by atoms with van der Waals surface area (Å²) in [6.45, 7) is 8.31. The fourth-order valence-corrected chi connectivity index (χ4v) is 5.83. The predicted octanol–water partition coefficient (Wildman–Crippen LogP) is 4.61. The topological polar surface area (TPSA) is 12.0 Å². The summed E-state index contributed by atoms with van der Waals surface area (Å²) in [6.07, 6.45) is 11.6. The molecular formula is C16H31NS. The normalized spacial score (nSPS) is 33.5. The van der Waals surface area contributed by atoms with Gasteiger partial charge in [-0.2, -0.15) is 11.8 Å². The fourth-order valence-electron chi connectivity index (χ4n) is 3.81. The Balaban J connectivity index is 1.95. The molecule has 2 saturated carbocycles. The van der Waals surface area contributed by atoms with Crippen LogP contribution >= 0.6 is 11.8 Å². The van der Waals surface area contributed by atoms with Crippen molar-refractivity contribution < 1.29 is 0 Å². The second kappa shape index (κ2) is 6.65. The van der Waals surface area contributed by atoms with Crippen molar-refractivity contribution >= 4 is 11.8 Å². The SMILES string of the molecule is CCNC1C(SC2CCCCC2)CCCC1(C)C. The van der Waals surface area contributed by atoms with Crippen LogP contribution in [0.3, 0.4) is 0 Å². The van der Waals surface area contributed by atoms with Gasteiger partial charge in [0.15, 0.2) is 0 Å². The maximum absolute atomic E-state index is 3.79. The van der Waals surface area contributed by atoms with Crippen molar-refractivity contribution in [2.24, 2.45) is 5.41 Å². The van der Waals surface area contributed by atoms with Crippen LogP contribution < -0.4 is 5.32 Å². The quantitative estimate of drug-likeness (QED) is 0.800. The maximum atomic E-state index is 3.79. The molecule has 1 nitrogen and oxygen atoms in total. The Hall–Kier alpha value is 0.310. The summed E-state index contributed by atoms with van der Waals surface area (Å²) in [6, 6.07) is 0.725. The van der Waals surface area contributed by atoms with Crippen LogP contribution in [0, 0.1) is 5.41 Å². The molecule has 2 atom stereocenters. The highest BCUT2D eigenvalue weighted by molar-refractivity contribution is 8.00. The van der Waals surface area contributed by atoms with E-state index in [2.05, 4.69) is 37.8 Å². The summed E-state index contributed by atoms with van der Waals surface area (Å²) < 4.78 is 0. The summed E-state index contributed by atoms with van der Waals surface area (Å²) in [5.74, 6) is 0. The molecule has 0 aromatic heterocycles. The van der Waals surface area contributed by atoms with Crippen LogP contribution in [-0.2, 0) is 0 Å². The Bertz CT molecular complexity index is 245. The molecule has 106 valence electrons. The van der Waals surface area contributed by atoms with E-state index < -0.39 is 0 Å². The molecule has 0 aromatic carbocycles. The first-order valence-corrected chi connectivity index (χ1v) is 8.96. The molecule has 2 heteroatoms. The van der Waals surface area contributed by atoms with Gasteiger partial charge in [-0.05, 0) is 37.6 Å². The largest absolute Gasteiger partial charge is 0.313 e. The van der Waals surface area contributed by atoms with Crippen molar-refractivity contribution in [3.63, 3.8) is 0 Å². The molecule has 0 bridgehead atoms. The monoisotopic (exact) mass is 269 g/mol. The van der Waals surface area contributed by atoms with E-state index in [9.17, 15) is 0 Å². The molecule has 0 amide bonds. The lowest BCUT2D eigenvalue weighted by Crippen LogP contribution is -2.51. The smallest absolute Gasteiger partial charge is 0.0237 e. The van der Waals surface area contributed by atoms with Gasteiger partial charge in [0.05, 0.1) is 0 Å². The Morgan fingerprint density at radius 2 is 1.78 bits per heavy atom. The lowest BCUT2D eigenvalue weighted by molar-refractivity contribution is 0.176. The first-order chi connectivity index (χ1) is 8.63. The van der Waals surface area contributed by atoms with Crippen molar-refractivity contribution in [1.82, 2.24) is 5.32 Å². The van der Waals surface area contributed by atoms with E-state index >= 15 is 0 Å². The first-order valence-electron chi connectivity index (χ1n) is 8.02. The highest BCUT2D eigenvalue weighted by Gasteiger charge is 2.39. The molecule has 0 radical (unpaired) electrons. The van der Waals surface area contributed by atoms with Gasteiger partial charge in [-0.25, -0.2) is 0 Å². The van der Waals surface area contributed by atoms with Gasteiger partial charge in [0.1, 0.15) is 0 Å². The Labute approximate surface area is 118 Å². The van der Waals surface area contributed by atoms with Crippen molar-refractivity contribution in [3.8, 4) is 0 Å². The van der Waals surface area contributed by atoms with Crippen molar-refractivity contribution in [1.29, 1.82) is 0 Å². The molecule has 0 heterocycles. The van der Waals surface area contributed by atoms with Gasteiger partial charge in [-0.3, -0.25) is 0 Å². The third-order valence-electron chi connectivity index (χ3n) is 4.87. The lowest BCUT2D eigenvalue weighted by atomic mass is 9.73. The number of hydrogen-bond acceptors (Lipinski definition) is 2. The van der Waals surface area contributed by atoms with E-state index in [1.807, 2.05) is 0 Å². The van der Waals surface area contributed by atoms with E-state index in [1.165, 1.54) is 51.4 Å². The molecule has 1 N–H and O–H groups in total. The molecule has 0 spiro atoms. The van der Waals surface area contributed by atoms with Gasteiger partial charge >= 0.3 is 0 Å². The zero-order valence-corrected chi connectivity index (χ0v) is 13.3. The third kappa shape index (κ3) is 3.66. The van der Waals surface area contributed by atoms with Crippen molar-refractivity contribution in [2.75, 3.05) is 6.54 Å². The molecule has 2 unspecified atom stereocenters. The van der Waals surface area contributed by atoms with Crippen LogP contribution in [0.2, 0.25) is 0 Å². The highest BCUT2D eigenvalue weighted by atomic mass is 32.2. The second-order valence-electron chi connectivity index (χ2n) is 6.85. The van der Waals surface area contributed by atoms with Crippen LogP contribution in [0.15, 0.2) is 0 Å². The Morgan fingerprint density at radius 3 is 2.44 bits per heavy atom. The summed E-state index contributed by atoms with van der Waals surface area (Å²) in [4.78, 5) is 0. The zero-order valence-electron chi connectivity index (χ0n) is 12.5. The van der Waals surface area contributed by atoms with Crippen LogP contribution in [0.5, 0.6) is 0 Å². The molecule has 0 saturated heterocycles. The average Bonchev–Trinajstić information content (AvgIpc) is 2.35.